The normalized spacial score (nSPS) is 21.3. The Morgan fingerprint density at radius 2 is 1.60 bits per heavy atom. The molecule has 2 aromatic carbocycles. The number of nitrogens with zero attached hydrogens (tertiary/aromatic N) is 2. The Hall–Kier alpha value is -5.21. The quantitative estimate of drug-likeness (QED) is 0.159. The first-order chi connectivity index (χ1) is 21.2. The molecule has 1 aliphatic heterocycles. The lowest BCUT2D eigenvalue weighted by Gasteiger charge is -2.42. The van der Waals surface area contributed by atoms with Crippen LogP contribution < -0.4 is 4.84 Å². The van der Waals surface area contributed by atoms with Gasteiger partial charge in [0.15, 0.2) is 17.9 Å². The van der Waals surface area contributed by atoms with Gasteiger partial charge in [-0.25, -0.2) is 9.59 Å². The first kappa shape index (κ1) is 32.7. The summed E-state index contributed by atoms with van der Waals surface area (Å²) in [5.41, 5.74) is -1.88. The summed E-state index contributed by atoms with van der Waals surface area (Å²) in [4.78, 5) is 68.7. The molecule has 45 heavy (non-hydrogen) atoms. The molecule has 1 aromatic heterocycles. The van der Waals surface area contributed by atoms with E-state index >= 15 is 0 Å². The molecule has 0 bridgehead atoms. The van der Waals surface area contributed by atoms with E-state index in [1.54, 1.807) is 30.3 Å². The van der Waals surface area contributed by atoms with Crippen molar-refractivity contribution in [3.63, 3.8) is 0 Å². The highest BCUT2D eigenvalue weighted by molar-refractivity contribution is 5.97. The number of ether oxygens (including phenoxy) is 4. The van der Waals surface area contributed by atoms with E-state index < -0.39 is 83.9 Å². The van der Waals surface area contributed by atoms with Gasteiger partial charge in [-0.15, -0.1) is 0 Å². The summed E-state index contributed by atoms with van der Waals surface area (Å²) in [5, 5.41) is 9.42. The molecule has 16 heteroatoms. The van der Waals surface area contributed by atoms with Crippen molar-refractivity contribution in [3.8, 4) is 11.1 Å². The van der Waals surface area contributed by atoms with E-state index in [2.05, 4.69) is 4.99 Å². The average molecular weight is 635 g/mol. The first-order valence-electron chi connectivity index (χ1n) is 13.1. The van der Waals surface area contributed by atoms with Crippen LogP contribution in [0.5, 0.6) is 0 Å². The van der Waals surface area contributed by atoms with Crippen LogP contribution in [0.2, 0.25) is 0 Å². The van der Waals surface area contributed by atoms with Gasteiger partial charge in [-0.2, -0.15) is 22.9 Å². The molecule has 1 saturated heterocycles. The Morgan fingerprint density at radius 3 is 2.16 bits per heavy atom. The Labute approximate surface area is 252 Å². The number of aromatic carboxylic acids is 1. The fraction of sp³-hybridized carbons (Fsp3) is 0.345. The zero-order chi connectivity index (χ0) is 33.1. The lowest BCUT2D eigenvalue weighted by molar-refractivity contribution is -0.281. The highest BCUT2D eigenvalue weighted by Crippen LogP contribution is 2.40. The highest BCUT2D eigenvalue weighted by atomic mass is 19.4. The molecule has 1 fully saturated rings. The maximum absolute atomic E-state index is 14.3. The molecule has 5 unspecified atom stereocenters. The molecule has 0 radical (unpaired) electrons. The van der Waals surface area contributed by atoms with Crippen LogP contribution in [-0.4, -0.2) is 77.0 Å². The second kappa shape index (κ2) is 13.2. The molecule has 0 spiro atoms. The van der Waals surface area contributed by atoms with Crippen molar-refractivity contribution in [2.24, 2.45) is 4.99 Å². The van der Waals surface area contributed by atoms with E-state index in [-0.39, 0.29) is 11.1 Å². The molecule has 4 rings (SSSR count). The molecule has 0 saturated carbocycles. The molecule has 2 heterocycles. The zero-order valence-corrected chi connectivity index (χ0v) is 23.8. The largest absolute Gasteiger partial charge is 0.476 e. The van der Waals surface area contributed by atoms with Gasteiger partial charge in [0, 0.05) is 26.2 Å². The number of rotatable bonds is 9. The fourth-order valence-corrected chi connectivity index (χ4v) is 4.86. The van der Waals surface area contributed by atoms with Crippen molar-refractivity contribution in [2.45, 2.75) is 57.6 Å². The predicted molar refractivity (Wildman–Crippen MR) is 144 cm³/mol. The van der Waals surface area contributed by atoms with Crippen molar-refractivity contribution < 1.29 is 66.0 Å². The van der Waals surface area contributed by atoms with Gasteiger partial charge in [-0.05, 0) is 29.3 Å². The van der Waals surface area contributed by atoms with Crippen LogP contribution in [0.1, 0.15) is 36.8 Å². The van der Waals surface area contributed by atoms with Gasteiger partial charge >= 0.3 is 30.1 Å². The van der Waals surface area contributed by atoms with Gasteiger partial charge in [-0.1, -0.05) is 30.3 Å². The van der Waals surface area contributed by atoms with Crippen molar-refractivity contribution in [1.82, 2.24) is 4.73 Å². The highest BCUT2D eigenvalue weighted by Gasteiger charge is 2.52. The molecule has 5 atom stereocenters. The van der Waals surface area contributed by atoms with Crippen molar-refractivity contribution in [3.05, 3.63) is 59.8 Å². The molecular weight excluding hydrogens is 609 g/mol. The van der Waals surface area contributed by atoms with Gasteiger partial charge in [0.05, 0.1) is 11.1 Å². The molecule has 13 nitrogen and oxygen atoms in total. The number of esters is 3. The Kier molecular flexibility index (Phi) is 9.59. The fourth-order valence-electron chi connectivity index (χ4n) is 4.86. The maximum Gasteiger partial charge on any atom is 0.417 e. The number of benzene rings is 2. The van der Waals surface area contributed by atoms with Gasteiger partial charge in [0.2, 0.25) is 6.08 Å². The molecule has 0 aliphatic carbocycles. The molecule has 1 aliphatic rings. The van der Waals surface area contributed by atoms with Gasteiger partial charge < -0.3 is 28.9 Å². The number of alkyl halides is 3. The van der Waals surface area contributed by atoms with E-state index in [1.807, 2.05) is 0 Å². The minimum atomic E-state index is -4.93. The van der Waals surface area contributed by atoms with Crippen molar-refractivity contribution >= 4 is 40.9 Å². The number of isocyanates is 1. The third-order valence-corrected chi connectivity index (χ3v) is 6.59. The predicted octanol–water partition coefficient (Wildman–Crippen LogP) is 3.31. The van der Waals surface area contributed by atoms with E-state index in [1.165, 1.54) is 12.1 Å². The second-order valence-electron chi connectivity index (χ2n) is 9.76. The number of aliphatic imine (C=N–C) groups is 1. The summed E-state index contributed by atoms with van der Waals surface area (Å²) < 4.78 is 64.8. The Balaban J connectivity index is 1.93. The van der Waals surface area contributed by atoms with Crippen LogP contribution in [0.15, 0.2) is 53.5 Å². The van der Waals surface area contributed by atoms with Crippen molar-refractivity contribution in [2.75, 3.05) is 6.61 Å². The lowest BCUT2D eigenvalue weighted by atomic mass is 9.96. The monoisotopic (exact) mass is 634 g/mol. The minimum Gasteiger partial charge on any atom is -0.476 e. The van der Waals surface area contributed by atoms with Crippen LogP contribution in [-0.2, 0) is 44.3 Å². The van der Waals surface area contributed by atoms with E-state index in [0.29, 0.717) is 10.3 Å². The number of fused-ring (bicyclic) bond motifs is 1. The summed E-state index contributed by atoms with van der Waals surface area (Å²) >= 11 is 0. The Morgan fingerprint density at radius 1 is 0.956 bits per heavy atom. The SMILES string of the molecule is CC(=O)OCC1OC(On2c(C(=O)O)cc3c(C(F)(F)F)cc(-c4ccccc4)cc32)C(OC(C)=O)C(N=C=O)C1OC(C)=O. The van der Waals surface area contributed by atoms with E-state index in [0.717, 1.165) is 32.9 Å². The maximum atomic E-state index is 14.3. The number of halogens is 3. The van der Waals surface area contributed by atoms with Crippen LogP contribution in [0.25, 0.3) is 22.0 Å². The van der Waals surface area contributed by atoms with Crippen LogP contribution in [0.4, 0.5) is 13.2 Å². The summed E-state index contributed by atoms with van der Waals surface area (Å²) in [5.74, 6) is -4.34. The van der Waals surface area contributed by atoms with Crippen LogP contribution in [0, 0.1) is 0 Å². The van der Waals surface area contributed by atoms with Gasteiger partial charge in [0.25, 0.3) is 6.29 Å². The zero-order valence-electron chi connectivity index (χ0n) is 23.8. The number of carbonyl (C=O) groups is 4. The average Bonchev–Trinajstić information content (AvgIpc) is 3.32. The second-order valence-corrected chi connectivity index (χ2v) is 9.76. The third-order valence-electron chi connectivity index (χ3n) is 6.59. The number of carboxylic acid groups (broad SMARTS) is 1. The van der Waals surface area contributed by atoms with Gasteiger partial charge in [0.1, 0.15) is 18.8 Å². The Bertz CT molecular complexity index is 1670. The summed E-state index contributed by atoms with van der Waals surface area (Å²) in [6.07, 6.45) is -10.3. The number of carbonyl (C=O) groups excluding carboxylic acids is 4. The van der Waals surface area contributed by atoms with Crippen LogP contribution in [0.3, 0.4) is 0 Å². The number of hydrogen-bond acceptors (Lipinski definition) is 11. The van der Waals surface area contributed by atoms with Crippen LogP contribution >= 0.6 is 0 Å². The summed E-state index contributed by atoms with van der Waals surface area (Å²) in [6, 6.07) is 9.21. The van der Waals surface area contributed by atoms with E-state index in [9.17, 15) is 42.3 Å². The molecule has 238 valence electrons. The first-order valence-corrected chi connectivity index (χ1v) is 13.1. The standard InChI is InChI=1S/C29H25F3N2O11/c1-14(36)41-12-23-25(42-15(2)37)24(33-13-35)26(43-16(3)38)28(44-23)45-34-21-10-18(17-7-5-4-6-8-17)9-20(29(30,31)32)19(21)11-22(34)27(39)40/h4-11,23-26,28H,12H2,1-3H3,(H,39,40). The van der Waals surface area contributed by atoms with Crippen molar-refractivity contribution in [1.29, 1.82) is 0 Å². The molecular formula is C29H25F3N2O11. The molecule has 3 aromatic rings. The number of hydrogen-bond donors (Lipinski definition) is 1. The third kappa shape index (κ3) is 7.30. The minimum absolute atomic E-state index is 0.0579. The summed E-state index contributed by atoms with van der Waals surface area (Å²) in [6.45, 7) is 2.44. The molecule has 0 amide bonds. The van der Waals surface area contributed by atoms with E-state index in [4.69, 9.17) is 23.8 Å². The lowest BCUT2D eigenvalue weighted by Crippen LogP contribution is -2.62. The van der Waals surface area contributed by atoms with Gasteiger partial charge in [-0.3, -0.25) is 14.4 Å². The number of carboxylic acids is 1. The summed E-state index contributed by atoms with van der Waals surface area (Å²) in [7, 11) is 0. The number of aromatic nitrogens is 1. The smallest absolute Gasteiger partial charge is 0.417 e. The topological polar surface area (TPSA) is 169 Å². The molecule has 1 N–H and O–H groups in total.